The molecule has 0 aliphatic heterocycles. The predicted octanol–water partition coefficient (Wildman–Crippen LogP) is 4.30. The molecule has 0 rings (SSSR count). The first-order chi connectivity index (χ1) is 7.41. The molecule has 3 radical (unpaired) electrons. The standard InChI is InChI=1S/C14H30O.Al/c1-2-3-4-5-6-7-8-9-10-11-12-13-14-15;/h15H,2-14H2,1H3;. The zero-order valence-electron chi connectivity index (χ0n) is 11.2. The molecule has 0 aromatic rings. The van der Waals surface area contributed by atoms with Crippen LogP contribution in [-0.2, 0) is 0 Å². The highest BCUT2D eigenvalue weighted by Crippen LogP contribution is 2.11. The first-order valence-corrected chi connectivity index (χ1v) is 7.02. The Morgan fingerprint density at radius 1 is 0.562 bits per heavy atom. The zero-order chi connectivity index (χ0) is 11.2. The van der Waals surface area contributed by atoms with Crippen molar-refractivity contribution >= 4 is 17.4 Å². The molecule has 0 bridgehead atoms. The first kappa shape index (κ1) is 18.8. The Morgan fingerprint density at radius 2 is 0.875 bits per heavy atom. The lowest BCUT2D eigenvalue weighted by atomic mass is 10.1. The van der Waals surface area contributed by atoms with Gasteiger partial charge in [0.15, 0.2) is 0 Å². The summed E-state index contributed by atoms with van der Waals surface area (Å²) in [5.74, 6) is 0. The molecule has 0 unspecified atom stereocenters. The summed E-state index contributed by atoms with van der Waals surface area (Å²) in [6, 6.07) is 0. The fourth-order valence-corrected chi connectivity index (χ4v) is 1.95. The number of hydrogen-bond donors (Lipinski definition) is 1. The SMILES string of the molecule is CCCCCCCCCCCCCCO.[Al]. The van der Waals surface area contributed by atoms with Crippen molar-refractivity contribution in [3.05, 3.63) is 0 Å². The van der Waals surface area contributed by atoms with Gasteiger partial charge in [-0.05, 0) is 6.42 Å². The second-order valence-electron chi connectivity index (χ2n) is 4.61. The Kier molecular flexibility index (Phi) is 21.1. The van der Waals surface area contributed by atoms with Gasteiger partial charge in [-0.25, -0.2) is 0 Å². The summed E-state index contributed by atoms with van der Waals surface area (Å²) < 4.78 is 0. The smallest absolute Gasteiger partial charge is 0.0431 e. The van der Waals surface area contributed by atoms with Crippen LogP contribution in [0.4, 0.5) is 0 Å². The van der Waals surface area contributed by atoms with Gasteiger partial charge in [-0.15, -0.1) is 0 Å². The van der Waals surface area contributed by atoms with E-state index in [4.69, 9.17) is 5.11 Å². The molecule has 0 aromatic heterocycles. The van der Waals surface area contributed by atoms with Crippen molar-refractivity contribution in [3.8, 4) is 0 Å². The Morgan fingerprint density at radius 3 is 1.19 bits per heavy atom. The van der Waals surface area contributed by atoms with Gasteiger partial charge in [-0.1, -0.05) is 77.6 Å². The first-order valence-electron chi connectivity index (χ1n) is 7.02. The molecule has 2 heteroatoms. The van der Waals surface area contributed by atoms with Crippen LogP contribution in [0.15, 0.2) is 0 Å². The summed E-state index contributed by atoms with van der Waals surface area (Å²) in [7, 11) is 0. The van der Waals surface area contributed by atoms with Crippen molar-refractivity contribution in [3.63, 3.8) is 0 Å². The van der Waals surface area contributed by atoms with Gasteiger partial charge in [0.1, 0.15) is 0 Å². The van der Waals surface area contributed by atoms with Crippen molar-refractivity contribution in [2.45, 2.75) is 84.0 Å². The normalized spacial score (nSPS) is 10.1. The van der Waals surface area contributed by atoms with Crippen LogP contribution in [0.5, 0.6) is 0 Å². The average Bonchev–Trinajstić information content (AvgIpc) is 2.26. The topological polar surface area (TPSA) is 20.2 Å². The van der Waals surface area contributed by atoms with Crippen LogP contribution in [0.1, 0.15) is 84.0 Å². The average molecular weight is 241 g/mol. The zero-order valence-corrected chi connectivity index (χ0v) is 12.4. The van der Waals surface area contributed by atoms with Gasteiger partial charge in [0.2, 0.25) is 0 Å². The summed E-state index contributed by atoms with van der Waals surface area (Å²) in [4.78, 5) is 0. The van der Waals surface area contributed by atoms with E-state index in [0.29, 0.717) is 6.61 Å². The number of rotatable bonds is 12. The fraction of sp³-hybridized carbons (Fsp3) is 1.00. The molecular formula is C14H30AlO. The van der Waals surface area contributed by atoms with E-state index in [9.17, 15) is 0 Å². The molecule has 0 amide bonds. The number of unbranched alkanes of at least 4 members (excludes halogenated alkanes) is 11. The van der Waals surface area contributed by atoms with E-state index in [1.807, 2.05) is 0 Å². The van der Waals surface area contributed by atoms with E-state index in [0.717, 1.165) is 6.42 Å². The fourth-order valence-electron chi connectivity index (χ4n) is 1.95. The van der Waals surface area contributed by atoms with Gasteiger partial charge in [0, 0.05) is 24.0 Å². The molecule has 0 aliphatic rings. The van der Waals surface area contributed by atoms with Crippen molar-refractivity contribution in [1.29, 1.82) is 0 Å². The van der Waals surface area contributed by atoms with E-state index < -0.39 is 0 Å². The second-order valence-corrected chi connectivity index (χ2v) is 4.61. The molecule has 0 spiro atoms. The largest absolute Gasteiger partial charge is 0.396 e. The van der Waals surface area contributed by atoms with Gasteiger partial charge in [0.05, 0.1) is 0 Å². The molecule has 1 N–H and O–H groups in total. The maximum Gasteiger partial charge on any atom is 0.0431 e. The minimum absolute atomic E-state index is 0. The third-order valence-electron chi connectivity index (χ3n) is 3.01. The number of aliphatic hydroxyl groups is 1. The van der Waals surface area contributed by atoms with Crippen molar-refractivity contribution in [2.24, 2.45) is 0 Å². The lowest BCUT2D eigenvalue weighted by molar-refractivity contribution is 0.282. The highest BCUT2D eigenvalue weighted by atomic mass is 27.0. The van der Waals surface area contributed by atoms with Crippen molar-refractivity contribution in [1.82, 2.24) is 0 Å². The quantitative estimate of drug-likeness (QED) is 0.399. The Hall–Kier alpha value is 0.492. The maximum atomic E-state index is 8.61. The molecule has 95 valence electrons. The van der Waals surface area contributed by atoms with Crippen molar-refractivity contribution in [2.75, 3.05) is 6.61 Å². The molecule has 0 aromatic carbocycles. The Bertz CT molecular complexity index is 94.9. The molecule has 0 saturated carbocycles. The molecule has 0 saturated heterocycles. The van der Waals surface area contributed by atoms with E-state index in [2.05, 4.69) is 6.92 Å². The van der Waals surface area contributed by atoms with Crippen LogP contribution in [0, 0.1) is 0 Å². The molecule has 0 atom stereocenters. The van der Waals surface area contributed by atoms with Crippen LogP contribution >= 0.6 is 0 Å². The molecule has 0 heterocycles. The van der Waals surface area contributed by atoms with Crippen LogP contribution in [0.25, 0.3) is 0 Å². The maximum absolute atomic E-state index is 8.61. The molecular weight excluding hydrogens is 211 g/mol. The summed E-state index contributed by atoms with van der Waals surface area (Å²) in [5, 5.41) is 8.61. The number of hydrogen-bond acceptors (Lipinski definition) is 1. The van der Waals surface area contributed by atoms with Gasteiger partial charge in [-0.2, -0.15) is 0 Å². The summed E-state index contributed by atoms with van der Waals surface area (Å²) in [6.07, 6.45) is 16.2. The monoisotopic (exact) mass is 241 g/mol. The third kappa shape index (κ3) is 16.9. The van der Waals surface area contributed by atoms with E-state index in [-0.39, 0.29) is 17.4 Å². The predicted molar refractivity (Wildman–Crippen MR) is 73.9 cm³/mol. The highest BCUT2D eigenvalue weighted by molar-refractivity contribution is 5.75. The highest BCUT2D eigenvalue weighted by Gasteiger charge is 1.92. The van der Waals surface area contributed by atoms with Gasteiger partial charge >= 0.3 is 0 Å². The van der Waals surface area contributed by atoms with Crippen LogP contribution < -0.4 is 0 Å². The summed E-state index contributed by atoms with van der Waals surface area (Å²) >= 11 is 0. The van der Waals surface area contributed by atoms with E-state index in [1.54, 1.807) is 0 Å². The lowest BCUT2D eigenvalue weighted by Crippen LogP contribution is -1.84. The minimum atomic E-state index is 0. The van der Waals surface area contributed by atoms with Gasteiger partial charge in [0.25, 0.3) is 0 Å². The third-order valence-corrected chi connectivity index (χ3v) is 3.01. The van der Waals surface area contributed by atoms with Gasteiger partial charge in [-0.3, -0.25) is 0 Å². The number of aliphatic hydroxyl groups excluding tert-OH is 1. The van der Waals surface area contributed by atoms with E-state index >= 15 is 0 Å². The molecule has 16 heavy (non-hydrogen) atoms. The lowest BCUT2D eigenvalue weighted by Gasteiger charge is -2.01. The summed E-state index contributed by atoms with van der Waals surface area (Å²) in [6.45, 7) is 2.64. The van der Waals surface area contributed by atoms with Crippen molar-refractivity contribution < 1.29 is 5.11 Å². The van der Waals surface area contributed by atoms with E-state index in [1.165, 1.54) is 70.6 Å². The second kappa shape index (κ2) is 17.9. The summed E-state index contributed by atoms with van der Waals surface area (Å²) in [5.41, 5.74) is 0. The van der Waals surface area contributed by atoms with Crippen LogP contribution in [0.3, 0.4) is 0 Å². The van der Waals surface area contributed by atoms with Gasteiger partial charge < -0.3 is 5.11 Å². The van der Waals surface area contributed by atoms with Crippen LogP contribution in [-0.4, -0.2) is 29.1 Å². The molecule has 0 fully saturated rings. The minimum Gasteiger partial charge on any atom is -0.396 e. The molecule has 0 aliphatic carbocycles. The van der Waals surface area contributed by atoms with Crippen LogP contribution in [0.2, 0.25) is 0 Å². The Balaban J connectivity index is 0. The Labute approximate surface area is 113 Å². The molecule has 1 nitrogen and oxygen atoms in total.